The van der Waals surface area contributed by atoms with Gasteiger partial charge in [-0.2, -0.15) is 18.2 Å². The molecular weight excluding hydrogens is 257 g/mol. The molecule has 7 heteroatoms. The fourth-order valence-corrected chi connectivity index (χ4v) is 1.69. The van der Waals surface area contributed by atoms with Crippen LogP contribution in [0.2, 0.25) is 0 Å². The number of nitrogens with one attached hydrogen (secondary N) is 1. The molecule has 0 fully saturated rings. The van der Waals surface area contributed by atoms with E-state index in [-0.39, 0.29) is 17.2 Å². The van der Waals surface area contributed by atoms with Gasteiger partial charge in [0.2, 0.25) is 5.95 Å². The van der Waals surface area contributed by atoms with Crippen LogP contribution in [0.1, 0.15) is 5.56 Å². The Bertz CT molecular complexity index is 596. The van der Waals surface area contributed by atoms with Crippen LogP contribution in [0.3, 0.4) is 0 Å². The average molecular weight is 268 g/mol. The van der Waals surface area contributed by atoms with Crippen LogP contribution in [0.25, 0.3) is 11.3 Å². The molecule has 0 aliphatic rings. The maximum atomic E-state index is 12.9. The van der Waals surface area contributed by atoms with Crippen molar-refractivity contribution in [2.24, 2.45) is 0 Å². The number of benzene rings is 1. The van der Waals surface area contributed by atoms with Crippen LogP contribution in [-0.4, -0.2) is 17.0 Å². The van der Waals surface area contributed by atoms with E-state index in [9.17, 15) is 13.2 Å². The molecule has 2 rings (SSSR count). The summed E-state index contributed by atoms with van der Waals surface area (Å²) >= 11 is 0. The number of rotatable bonds is 2. The van der Waals surface area contributed by atoms with Crippen molar-refractivity contribution in [3.05, 3.63) is 35.9 Å². The quantitative estimate of drug-likeness (QED) is 0.879. The maximum absolute atomic E-state index is 12.9. The van der Waals surface area contributed by atoms with Gasteiger partial charge in [-0.1, -0.05) is 18.2 Å². The van der Waals surface area contributed by atoms with Gasteiger partial charge >= 0.3 is 6.18 Å². The molecule has 0 saturated heterocycles. The summed E-state index contributed by atoms with van der Waals surface area (Å²) in [6, 6.07) is 6.62. The largest absolute Gasteiger partial charge is 0.417 e. The highest BCUT2D eigenvalue weighted by Gasteiger charge is 2.33. The predicted octanol–water partition coefficient (Wildman–Crippen LogP) is 2.79. The minimum Gasteiger partial charge on any atom is -0.373 e. The summed E-state index contributed by atoms with van der Waals surface area (Å²) in [5.74, 6) is 0.276. The van der Waals surface area contributed by atoms with E-state index in [4.69, 9.17) is 5.73 Å². The Morgan fingerprint density at radius 2 is 1.84 bits per heavy atom. The van der Waals surface area contributed by atoms with Gasteiger partial charge in [0.1, 0.15) is 5.82 Å². The molecule has 0 aliphatic heterocycles. The summed E-state index contributed by atoms with van der Waals surface area (Å²) in [5, 5.41) is 2.72. The predicted molar refractivity (Wildman–Crippen MR) is 66.4 cm³/mol. The summed E-state index contributed by atoms with van der Waals surface area (Å²) in [7, 11) is 1.60. The van der Waals surface area contributed by atoms with Crippen molar-refractivity contribution in [2.75, 3.05) is 18.1 Å². The number of alkyl halides is 3. The van der Waals surface area contributed by atoms with E-state index in [0.717, 1.165) is 6.07 Å². The zero-order valence-electron chi connectivity index (χ0n) is 9.99. The molecule has 0 spiro atoms. The average Bonchev–Trinajstić information content (AvgIpc) is 2.37. The molecule has 4 nitrogen and oxygen atoms in total. The van der Waals surface area contributed by atoms with Crippen LogP contribution in [0.4, 0.5) is 24.9 Å². The Balaban J connectivity index is 2.62. The van der Waals surface area contributed by atoms with Gasteiger partial charge in [-0.3, -0.25) is 0 Å². The molecule has 0 radical (unpaired) electrons. The third-order valence-electron chi connectivity index (χ3n) is 2.51. The fraction of sp³-hybridized carbons (Fsp3) is 0.167. The van der Waals surface area contributed by atoms with Crippen molar-refractivity contribution in [3.63, 3.8) is 0 Å². The molecule has 1 heterocycles. The smallest absolute Gasteiger partial charge is 0.373 e. The van der Waals surface area contributed by atoms with Gasteiger partial charge in [-0.05, 0) is 6.07 Å². The third kappa shape index (κ3) is 2.75. The monoisotopic (exact) mass is 268 g/mol. The highest BCUT2D eigenvalue weighted by atomic mass is 19.4. The second-order valence-corrected chi connectivity index (χ2v) is 3.79. The lowest BCUT2D eigenvalue weighted by Crippen LogP contribution is -2.08. The second kappa shape index (κ2) is 4.75. The second-order valence-electron chi connectivity index (χ2n) is 3.79. The Morgan fingerprint density at radius 1 is 1.16 bits per heavy atom. The molecule has 2 aromatic rings. The molecule has 0 saturated carbocycles. The first kappa shape index (κ1) is 13.1. The van der Waals surface area contributed by atoms with Crippen molar-refractivity contribution in [3.8, 4) is 11.3 Å². The molecule has 0 bridgehead atoms. The molecule has 3 N–H and O–H groups in total. The van der Waals surface area contributed by atoms with Crippen molar-refractivity contribution in [2.45, 2.75) is 6.18 Å². The summed E-state index contributed by atoms with van der Waals surface area (Å²) < 4.78 is 38.8. The molecule has 19 heavy (non-hydrogen) atoms. The summed E-state index contributed by atoms with van der Waals surface area (Å²) in [4.78, 5) is 7.70. The number of aromatic nitrogens is 2. The first-order valence-electron chi connectivity index (χ1n) is 5.40. The Labute approximate surface area is 107 Å². The van der Waals surface area contributed by atoms with Gasteiger partial charge < -0.3 is 11.1 Å². The fourth-order valence-electron chi connectivity index (χ4n) is 1.69. The summed E-state index contributed by atoms with van der Waals surface area (Å²) in [6.45, 7) is 0. The van der Waals surface area contributed by atoms with Gasteiger partial charge in [0.25, 0.3) is 0 Å². The third-order valence-corrected chi connectivity index (χ3v) is 2.51. The van der Waals surface area contributed by atoms with Crippen LogP contribution in [0.15, 0.2) is 30.3 Å². The summed E-state index contributed by atoms with van der Waals surface area (Å²) in [5.41, 5.74) is 4.84. The van der Waals surface area contributed by atoms with Crippen molar-refractivity contribution >= 4 is 11.8 Å². The van der Waals surface area contributed by atoms with Gasteiger partial charge in [0, 0.05) is 18.7 Å². The van der Waals surface area contributed by atoms with E-state index in [1.54, 1.807) is 7.05 Å². The van der Waals surface area contributed by atoms with E-state index < -0.39 is 11.7 Å². The van der Waals surface area contributed by atoms with Crippen molar-refractivity contribution in [1.29, 1.82) is 0 Å². The number of hydrogen-bond donors (Lipinski definition) is 2. The summed E-state index contributed by atoms with van der Waals surface area (Å²) in [6.07, 6.45) is -4.45. The molecule has 0 atom stereocenters. The molecular formula is C12H11F3N4. The van der Waals surface area contributed by atoms with E-state index in [0.29, 0.717) is 5.82 Å². The van der Waals surface area contributed by atoms with Crippen molar-refractivity contribution < 1.29 is 13.2 Å². The molecule has 0 amide bonds. The number of anilines is 2. The number of hydrogen-bond acceptors (Lipinski definition) is 4. The van der Waals surface area contributed by atoms with Crippen LogP contribution >= 0.6 is 0 Å². The molecule has 1 aromatic heterocycles. The first-order valence-corrected chi connectivity index (χ1v) is 5.40. The van der Waals surface area contributed by atoms with E-state index >= 15 is 0 Å². The lowest BCUT2D eigenvalue weighted by Gasteiger charge is -2.13. The first-order chi connectivity index (χ1) is 8.91. The van der Waals surface area contributed by atoms with Gasteiger partial charge in [0.15, 0.2) is 0 Å². The molecule has 0 aliphatic carbocycles. The molecule has 1 aromatic carbocycles. The molecule has 100 valence electrons. The van der Waals surface area contributed by atoms with E-state index in [1.165, 1.54) is 24.3 Å². The Kier molecular flexibility index (Phi) is 3.28. The SMILES string of the molecule is CNc1cc(-c2ccccc2C(F)(F)F)nc(N)n1. The number of nitrogens with zero attached hydrogens (tertiary/aromatic N) is 2. The Hall–Kier alpha value is -2.31. The van der Waals surface area contributed by atoms with Crippen molar-refractivity contribution in [1.82, 2.24) is 9.97 Å². The zero-order valence-corrected chi connectivity index (χ0v) is 9.99. The zero-order chi connectivity index (χ0) is 14.0. The standard InChI is InChI=1S/C12H11F3N4/c1-17-10-6-9(18-11(16)19-10)7-4-2-3-5-8(7)12(13,14)15/h2-6H,1H3,(H3,16,17,18,19). The maximum Gasteiger partial charge on any atom is 0.417 e. The highest BCUT2D eigenvalue weighted by Crippen LogP contribution is 2.36. The Morgan fingerprint density at radius 3 is 2.47 bits per heavy atom. The van der Waals surface area contributed by atoms with Gasteiger partial charge in [-0.25, -0.2) is 4.98 Å². The minimum absolute atomic E-state index is 0.0272. The van der Waals surface area contributed by atoms with E-state index in [1.807, 2.05) is 0 Å². The number of nitrogen functional groups attached to an aromatic ring is 1. The highest BCUT2D eigenvalue weighted by molar-refractivity contribution is 5.68. The molecule has 0 unspecified atom stereocenters. The van der Waals surface area contributed by atoms with Gasteiger partial charge in [-0.15, -0.1) is 0 Å². The van der Waals surface area contributed by atoms with Crippen LogP contribution in [0.5, 0.6) is 0 Å². The van der Waals surface area contributed by atoms with Crippen LogP contribution in [-0.2, 0) is 6.18 Å². The topological polar surface area (TPSA) is 63.8 Å². The van der Waals surface area contributed by atoms with Gasteiger partial charge in [0.05, 0.1) is 11.3 Å². The minimum atomic E-state index is -4.45. The normalized spacial score (nSPS) is 11.4. The van der Waals surface area contributed by atoms with E-state index in [2.05, 4.69) is 15.3 Å². The lowest BCUT2D eigenvalue weighted by atomic mass is 10.0. The lowest BCUT2D eigenvalue weighted by molar-refractivity contribution is -0.137. The number of nitrogens with two attached hydrogens (primary N) is 1. The number of halogens is 3. The van der Waals surface area contributed by atoms with Crippen LogP contribution < -0.4 is 11.1 Å². The van der Waals surface area contributed by atoms with Crippen LogP contribution in [0, 0.1) is 0 Å².